The topological polar surface area (TPSA) is 74.2 Å². The first kappa shape index (κ1) is 22.2. The van der Waals surface area contributed by atoms with Crippen LogP contribution < -0.4 is 14.2 Å². The van der Waals surface area contributed by atoms with Crippen LogP contribution in [-0.4, -0.2) is 36.5 Å². The summed E-state index contributed by atoms with van der Waals surface area (Å²) in [5.74, 6) is 1.18. The highest BCUT2D eigenvalue weighted by molar-refractivity contribution is 5.95. The van der Waals surface area contributed by atoms with Gasteiger partial charge in [0, 0.05) is 18.1 Å². The lowest BCUT2D eigenvalue weighted by Gasteiger charge is -2.29. The number of carbonyl (C=O) groups is 1. The van der Waals surface area contributed by atoms with Crippen LogP contribution in [0.1, 0.15) is 64.0 Å². The Morgan fingerprint density at radius 2 is 2.07 bits per heavy atom. The minimum absolute atomic E-state index is 0.0776. The molecular weight excluding hydrogens is 384 g/mol. The van der Waals surface area contributed by atoms with Crippen molar-refractivity contribution in [2.24, 2.45) is 0 Å². The predicted molar refractivity (Wildman–Crippen MR) is 115 cm³/mol. The predicted octanol–water partition coefficient (Wildman–Crippen LogP) is 4.57. The third kappa shape index (κ3) is 4.33. The Kier molecular flexibility index (Phi) is 6.76. The molecule has 0 radical (unpaired) electrons. The zero-order valence-corrected chi connectivity index (χ0v) is 18.4. The maximum absolute atomic E-state index is 12.1. The van der Waals surface area contributed by atoms with Crippen LogP contribution >= 0.6 is 0 Å². The van der Waals surface area contributed by atoms with Gasteiger partial charge in [-0.3, -0.25) is 0 Å². The second-order valence-corrected chi connectivity index (χ2v) is 8.09. The van der Waals surface area contributed by atoms with Gasteiger partial charge in [-0.1, -0.05) is 39.2 Å². The third-order valence-corrected chi connectivity index (χ3v) is 5.72. The number of rotatable bonds is 9. The van der Waals surface area contributed by atoms with E-state index in [4.69, 9.17) is 18.9 Å². The van der Waals surface area contributed by atoms with Crippen molar-refractivity contribution in [1.82, 2.24) is 0 Å². The summed E-state index contributed by atoms with van der Waals surface area (Å²) in [6.45, 7) is 10.1. The van der Waals surface area contributed by atoms with Crippen LogP contribution in [0.3, 0.4) is 0 Å². The van der Waals surface area contributed by atoms with Gasteiger partial charge in [0.25, 0.3) is 0 Å². The van der Waals surface area contributed by atoms with Gasteiger partial charge in [-0.25, -0.2) is 4.79 Å². The summed E-state index contributed by atoms with van der Waals surface area (Å²) < 4.78 is 22.7. The summed E-state index contributed by atoms with van der Waals surface area (Å²) >= 11 is 0. The lowest BCUT2D eigenvalue weighted by molar-refractivity contribution is -0.141. The third-order valence-electron chi connectivity index (χ3n) is 5.72. The molecule has 0 spiro atoms. The number of carbonyl (C=O) groups excluding carboxylic acids is 1. The number of allylic oxidation sites excluding steroid dienone is 2. The zero-order valence-electron chi connectivity index (χ0n) is 18.4. The lowest BCUT2D eigenvalue weighted by Crippen LogP contribution is -2.42. The van der Waals surface area contributed by atoms with E-state index in [0.29, 0.717) is 41.2 Å². The Morgan fingerprint density at radius 3 is 2.73 bits per heavy atom. The number of aliphatic hydroxyl groups is 1. The van der Waals surface area contributed by atoms with Crippen molar-refractivity contribution in [2.75, 3.05) is 13.7 Å². The van der Waals surface area contributed by atoms with E-state index in [1.54, 1.807) is 26.2 Å². The summed E-state index contributed by atoms with van der Waals surface area (Å²) in [7, 11) is 1.59. The standard InChI is InChI=1S/C24H32O6/c1-6-8-9-10-11-24(4,26)20-13-16-17(30-20)14-18-21(22(16)27-5)15(3)12-19(29-18)23(25)28-7-2/h12,14,20,26H,3,6-11,13H2,1-2,4-5H3/t20-,24+/m1/s1. The van der Waals surface area contributed by atoms with Gasteiger partial charge in [-0.15, -0.1) is 0 Å². The molecule has 0 saturated heterocycles. The van der Waals surface area contributed by atoms with Crippen LogP contribution in [0.25, 0.3) is 5.57 Å². The van der Waals surface area contributed by atoms with E-state index in [1.165, 1.54) is 0 Å². The van der Waals surface area contributed by atoms with Gasteiger partial charge in [-0.05, 0) is 31.9 Å². The molecule has 0 aliphatic carbocycles. The Bertz CT molecular complexity index is 852. The van der Waals surface area contributed by atoms with E-state index in [-0.39, 0.29) is 18.5 Å². The van der Waals surface area contributed by atoms with Gasteiger partial charge >= 0.3 is 5.97 Å². The van der Waals surface area contributed by atoms with Gasteiger partial charge in [-0.2, -0.15) is 0 Å². The Balaban J connectivity index is 1.85. The van der Waals surface area contributed by atoms with Gasteiger partial charge in [0.15, 0.2) is 0 Å². The monoisotopic (exact) mass is 416 g/mol. The lowest BCUT2D eigenvalue weighted by atomic mass is 9.88. The summed E-state index contributed by atoms with van der Waals surface area (Å²) in [6.07, 6.45) is 6.76. The van der Waals surface area contributed by atoms with Crippen molar-refractivity contribution < 1.29 is 28.8 Å². The molecule has 2 aliphatic rings. The van der Waals surface area contributed by atoms with Gasteiger partial charge in [0.1, 0.15) is 23.4 Å². The number of methoxy groups -OCH3 is 1. The van der Waals surface area contributed by atoms with Crippen LogP contribution in [-0.2, 0) is 16.0 Å². The van der Waals surface area contributed by atoms with Crippen LogP contribution in [0, 0.1) is 0 Å². The molecule has 2 heterocycles. The molecule has 164 valence electrons. The fraction of sp³-hybridized carbons (Fsp3) is 0.542. The maximum Gasteiger partial charge on any atom is 0.374 e. The zero-order chi connectivity index (χ0) is 21.9. The number of benzene rings is 1. The average Bonchev–Trinajstić information content (AvgIpc) is 3.14. The average molecular weight is 417 g/mol. The van der Waals surface area contributed by atoms with Crippen molar-refractivity contribution in [2.45, 2.75) is 71.0 Å². The molecule has 1 aromatic carbocycles. The second kappa shape index (κ2) is 9.13. The molecule has 0 amide bonds. The largest absolute Gasteiger partial charge is 0.496 e. The smallest absolute Gasteiger partial charge is 0.374 e. The quantitative estimate of drug-likeness (QED) is 0.469. The minimum atomic E-state index is -0.954. The molecule has 2 aliphatic heterocycles. The van der Waals surface area contributed by atoms with Crippen LogP contribution in [0.4, 0.5) is 0 Å². The van der Waals surface area contributed by atoms with Crippen molar-refractivity contribution in [3.05, 3.63) is 35.6 Å². The molecule has 1 N–H and O–H groups in total. The number of fused-ring (bicyclic) bond motifs is 2. The summed E-state index contributed by atoms with van der Waals surface area (Å²) in [6, 6.07) is 1.75. The Hall–Kier alpha value is -2.47. The molecule has 0 aromatic heterocycles. The first-order chi connectivity index (χ1) is 14.3. The molecule has 0 bridgehead atoms. The van der Waals surface area contributed by atoms with Crippen molar-refractivity contribution in [3.8, 4) is 17.2 Å². The molecule has 1 aromatic rings. The summed E-state index contributed by atoms with van der Waals surface area (Å²) in [5, 5.41) is 11.1. The van der Waals surface area contributed by atoms with Gasteiger partial charge in [0.05, 0.1) is 24.9 Å². The first-order valence-electron chi connectivity index (χ1n) is 10.7. The minimum Gasteiger partial charge on any atom is -0.496 e. The Labute approximate surface area is 178 Å². The van der Waals surface area contributed by atoms with Crippen LogP contribution in [0.2, 0.25) is 0 Å². The number of unbranched alkanes of at least 4 members (excludes halogenated alkanes) is 3. The molecule has 0 unspecified atom stereocenters. The normalized spacial score (nSPS) is 19.0. The molecule has 6 nitrogen and oxygen atoms in total. The van der Waals surface area contributed by atoms with E-state index in [2.05, 4.69) is 13.5 Å². The molecule has 30 heavy (non-hydrogen) atoms. The van der Waals surface area contributed by atoms with Gasteiger partial charge in [0.2, 0.25) is 5.76 Å². The van der Waals surface area contributed by atoms with Gasteiger partial charge < -0.3 is 24.1 Å². The molecule has 0 fully saturated rings. The van der Waals surface area contributed by atoms with E-state index in [0.717, 1.165) is 31.2 Å². The number of hydrogen-bond donors (Lipinski definition) is 1. The molecule has 0 saturated carbocycles. The number of hydrogen-bond acceptors (Lipinski definition) is 6. The fourth-order valence-electron chi connectivity index (χ4n) is 4.04. The number of esters is 1. The van der Waals surface area contributed by atoms with Crippen molar-refractivity contribution >= 4 is 11.5 Å². The maximum atomic E-state index is 12.1. The summed E-state index contributed by atoms with van der Waals surface area (Å²) in [5.41, 5.74) is 1.22. The van der Waals surface area contributed by atoms with Crippen molar-refractivity contribution in [1.29, 1.82) is 0 Å². The molecular formula is C24H32O6. The summed E-state index contributed by atoms with van der Waals surface area (Å²) in [4.78, 5) is 12.1. The van der Waals surface area contributed by atoms with E-state index >= 15 is 0 Å². The highest BCUT2D eigenvalue weighted by atomic mass is 16.6. The van der Waals surface area contributed by atoms with E-state index in [1.807, 2.05) is 6.92 Å². The first-order valence-corrected chi connectivity index (χ1v) is 10.7. The molecule has 6 heteroatoms. The number of ether oxygens (including phenoxy) is 4. The SMILES string of the molecule is C=C1C=C(C(=O)OCC)Oc2cc3c(c(OC)c21)C[C@H]([C@@](C)(O)CCCCCC)O3. The van der Waals surface area contributed by atoms with E-state index < -0.39 is 11.6 Å². The van der Waals surface area contributed by atoms with E-state index in [9.17, 15) is 9.90 Å². The van der Waals surface area contributed by atoms with Crippen molar-refractivity contribution in [3.63, 3.8) is 0 Å². The fourth-order valence-corrected chi connectivity index (χ4v) is 4.04. The molecule has 2 atom stereocenters. The second-order valence-electron chi connectivity index (χ2n) is 8.09. The van der Waals surface area contributed by atoms with Crippen LogP contribution in [0.5, 0.6) is 17.2 Å². The Morgan fingerprint density at radius 1 is 1.30 bits per heavy atom. The highest BCUT2D eigenvalue weighted by Crippen LogP contribution is 2.49. The molecule has 3 rings (SSSR count). The van der Waals surface area contributed by atoms with Crippen LogP contribution in [0.15, 0.2) is 24.5 Å². The highest BCUT2D eigenvalue weighted by Gasteiger charge is 2.41.